The molecule has 2 aromatic rings. The molecule has 1 aromatic heterocycles. The molecule has 4 nitrogen and oxygen atoms in total. The highest BCUT2D eigenvalue weighted by atomic mass is 16.5. The first-order valence-electron chi connectivity index (χ1n) is 7.44. The molecule has 0 saturated carbocycles. The number of anilines is 1. The van der Waals surface area contributed by atoms with Gasteiger partial charge in [-0.3, -0.25) is 4.90 Å². The summed E-state index contributed by atoms with van der Waals surface area (Å²) in [5, 5.41) is 0. The highest BCUT2D eigenvalue weighted by molar-refractivity contribution is 5.40. The summed E-state index contributed by atoms with van der Waals surface area (Å²) in [5.41, 5.74) is 7.94. The van der Waals surface area contributed by atoms with Crippen LogP contribution in [0.4, 0.5) is 5.69 Å². The second-order valence-electron chi connectivity index (χ2n) is 5.51. The van der Waals surface area contributed by atoms with Crippen molar-refractivity contribution in [2.24, 2.45) is 0 Å². The van der Waals surface area contributed by atoms with Crippen LogP contribution in [0.15, 0.2) is 48.7 Å². The first-order valence-corrected chi connectivity index (χ1v) is 7.44. The minimum atomic E-state index is 0.275. The predicted molar refractivity (Wildman–Crippen MR) is 84.0 cm³/mol. The van der Waals surface area contributed by atoms with E-state index in [9.17, 15) is 0 Å². The Kier molecular flexibility index (Phi) is 4.36. The fourth-order valence-electron chi connectivity index (χ4n) is 2.72. The lowest BCUT2D eigenvalue weighted by Crippen LogP contribution is -2.37. The monoisotopic (exact) mass is 283 g/mol. The molecule has 0 amide bonds. The van der Waals surface area contributed by atoms with Crippen molar-refractivity contribution in [3.05, 3.63) is 54.2 Å². The van der Waals surface area contributed by atoms with E-state index in [1.807, 2.05) is 30.3 Å². The van der Waals surface area contributed by atoms with Crippen LogP contribution in [0, 0.1) is 0 Å². The number of ether oxygens (including phenoxy) is 1. The maximum atomic E-state index is 5.92. The molecule has 0 unspecified atom stereocenters. The van der Waals surface area contributed by atoms with Crippen LogP contribution in [0.5, 0.6) is 5.88 Å². The number of likely N-dealkylation sites (tertiary alicyclic amines) is 1. The summed E-state index contributed by atoms with van der Waals surface area (Å²) in [5.74, 6) is 0.729. The summed E-state index contributed by atoms with van der Waals surface area (Å²) in [6.07, 6.45) is 4.12. The molecule has 1 aliphatic heterocycles. The van der Waals surface area contributed by atoms with Crippen LogP contribution in [-0.2, 0) is 6.54 Å². The van der Waals surface area contributed by atoms with Crippen LogP contribution in [0.2, 0.25) is 0 Å². The van der Waals surface area contributed by atoms with Gasteiger partial charge in [-0.15, -0.1) is 0 Å². The first kappa shape index (κ1) is 13.9. The van der Waals surface area contributed by atoms with Gasteiger partial charge in [-0.05, 0) is 36.6 Å². The fraction of sp³-hybridized carbons (Fsp3) is 0.353. The third kappa shape index (κ3) is 3.95. The molecule has 0 bridgehead atoms. The van der Waals surface area contributed by atoms with Crippen molar-refractivity contribution < 1.29 is 4.74 Å². The summed E-state index contributed by atoms with van der Waals surface area (Å²) >= 11 is 0. The number of nitrogens with zero attached hydrogens (tertiary/aromatic N) is 2. The van der Waals surface area contributed by atoms with E-state index in [4.69, 9.17) is 10.5 Å². The van der Waals surface area contributed by atoms with Crippen LogP contribution in [0.3, 0.4) is 0 Å². The van der Waals surface area contributed by atoms with E-state index in [1.54, 1.807) is 6.20 Å². The molecule has 0 spiro atoms. The number of pyridine rings is 1. The normalized spacial score (nSPS) is 16.8. The number of nitrogens with two attached hydrogens (primary N) is 1. The van der Waals surface area contributed by atoms with Gasteiger partial charge in [-0.1, -0.05) is 18.2 Å². The van der Waals surface area contributed by atoms with Crippen LogP contribution in [0.1, 0.15) is 18.4 Å². The number of nitrogen functional groups attached to an aromatic ring is 1. The minimum Gasteiger partial charge on any atom is -0.474 e. The van der Waals surface area contributed by atoms with E-state index in [2.05, 4.69) is 22.0 Å². The Morgan fingerprint density at radius 1 is 1.14 bits per heavy atom. The molecule has 1 fully saturated rings. The first-order chi connectivity index (χ1) is 10.3. The molecule has 1 saturated heterocycles. The quantitative estimate of drug-likeness (QED) is 0.877. The van der Waals surface area contributed by atoms with E-state index in [-0.39, 0.29) is 6.10 Å². The van der Waals surface area contributed by atoms with E-state index in [0.717, 1.165) is 44.0 Å². The molecular formula is C17H21N3O. The van der Waals surface area contributed by atoms with Gasteiger partial charge >= 0.3 is 0 Å². The van der Waals surface area contributed by atoms with Crippen molar-refractivity contribution in [2.75, 3.05) is 18.8 Å². The topological polar surface area (TPSA) is 51.4 Å². The van der Waals surface area contributed by atoms with Gasteiger partial charge in [0.25, 0.3) is 0 Å². The van der Waals surface area contributed by atoms with Crippen LogP contribution < -0.4 is 10.5 Å². The zero-order valence-corrected chi connectivity index (χ0v) is 12.1. The lowest BCUT2D eigenvalue weighted by atomic mass is 10.1. The smallest absolute Gasteiger partial charge is 0.213 e. The highest BCUT2D eigenvalue weighted by Crippen LogP contribution is 2.19. The van der Waals surface area contributed by atoms with Crippen LogP contribution >= 0.6 is 0 Å². The largest absolute Gasteiger partial charge is 0.474 e. The second-order valence-corrected chi connectivity index (χ2v) is 5.51. The Morgan fingerprint density at radius 2 is 2.00 bits per heavy atom. The van der Waals surface area contributed by atoms with Crippen LogP contribution in [-0.4, -0.2) is 29.1 Å². The van der Waals surface area contributed by atoms with Crippen molar-refractivity contribution in [3.8, 4) is 5.88 Å². The van der Waals surface area contributed by atoms with Gasteiger partial charge in [-0.2, -0.15) is 0 Å². The van der Waals surface area contributed by atoms with Crippen molar-refractivity contribution in [3.63, 3.8) is 0 Å². The molecule has 2 N–H and O–H groups in total. The number of benzene rings is 1. The average Bonchev–Trinajstić information content (AvgIpc) is 2.50. The standard InChI is InChI=1S/C17H21N3O/c18-15-5-3-4-14(12-15)13-20-10-7-16(8-11-20)21-17-6-1-2-9-19-17/h1-6,9,12,16H,7-8,10-11,13,18H2. The maximum absolute atomic E-state index is 5.92. The van der Waals surface area contributed by atoms with Gasteiger partial charge in [-0.25, -0.2) is 4.98 Å². The third-order valence-electron chi connectivity index (χ3n) is 3.82. The van der Waals surface area contributed by atoms with Crippen molar-refractivity contribution in [2.45, 2.75) is 25.5 Å². The van der Waals surface area contributed by atoms with Gasteiger partial charge in [0.2, 0.25) is 5.88 Å². The summed E-state index contributed by atoms with van der Waals surface area (Å²) in [7, 11) is 0. The molecule has 1 aliphatic rings. The van der Waals surface area contributed by atoms with Crippen molar-refractivity contribution >= 4 is 5.69 Å². The zero-order chi connectivity index (χ0) is 14.5. The zero-order valence-electron chi connectivity index (χ0n) is 12.1. The van der Waals surface area contributed by atoms with Gasteiger partial charge in [0.05, 0.1) is 0 Å². The predicted octanol–water partition coefficient (Wildman–Crippen LogP) is 2.71. The van der Waals surface area contributed by atoms with Gasteiger partial charge < -0.3 is 10.5 Å². The Bertz CT molecular complexity index is 565. The molecule has 0 atom stereocenters. The second kappa shape index (κ2) is 6.59. The van der Waals surface area contributed by atoms with Gasteiger partial charge in [0.15, 0.2) is 0 Å². The summed E-state index contributed by atoms with van der Waals surface area (Å²) in [4.78, 5) is 6.67. The number of hydrogen-bond donors (Lipinski definition) is 1. The molecule has 0 aliphatic carbocycles. The van der Waals surface area contributed by atoms with Gasteiger partial charge in [0.1, 0.15) is 6.10 Å². The Balaban J connectivity index is 1.49. The van der Waals surface area contributed by atoms with E-state index in [1.165, 1.54) is 5.56 Å². The van der Waals surface area contributed by atoms with E-state index < -0.39 is 0 Å². The number of aromatic nitrogens is 1. The van der Waals surface area contributed by atoms with Crippen molar-refractivity contribution in [1.82, 2.24) is 9.88 Å². The van der Waals surface area contributed by atoms with E-state index >= 15 is 0 Å². The fourth-order valence-corrected chi connectivity index (χ4v) is 2.72. The SMILES string of the molecule is Nc1cccc(CN2CCC(Oc3ccccn3)CC2)c1. The minimum absolute atomic E-state index is 0.275. The highest BCUT2D eigenvalue weighted by Gasteiger charge is 2.20. The number of hydrogen-bond acceptors (Lipinski definition) is 4. The van der Waals surface area contributed by atoms with Crippen LogP contribution in [0.25, 0.3) is 0 Å². The van der Waals surface area contributed by atoms with Crippen molar-refractivity contribution in [1.29, 1.82) is 0 Å². The summed E-state index contributed by atoms with van der Waals surface area (Å²) in [6.45, 7) is 3.06. The summed E-state index contributed by atoms with van der Waals surface area (Å²) in [6, 6.07) is 13.9. The van der Waals surface area contributed by atoms with Gasteiger partial charge in [0, 0.05) is 37.6 Å². The third-order valence-corrected chi connectivity index (χ3v) is 3.82. The maximum Gasteiger partial charge on any atom is 0.213 e. The molecule has 3 rings (SSSR count). The number of piperidine rings is 1. The molecule has 2 heterocycles. The molecule has 110 valence electrons. The lowest BCUT2D eigenvalue weighted by Gasteiger charge is -2.31. The Hall–Kier alpha value is -2.07. The van der Waals surface area contributed by atoms with E-state index in [0.29, 0.717) is 0 Å². The Labute approximate surface area is 125 Å². The average molecular weight is 283 g/mol. The molecule has 4 heteroatoms. The molecular weight excluding hydrogens is 262 g/mol. The summed E-state index contributed by atoms with van der Waals surface area (Å²) < 4.78 is 5.92. The Morgan fingerprint density at radius 3 is 2.71 bits per heavy atom. The molecule has 0 radical (unpaired) electrons. The molecule has 21 heavy (non-hydrogen) atoms. The number of rotatable bonds is 4. The lowest BCUT2D eigenvalue weighted by molar-refractivity contribution is 0.0932. The molecule has 1 aromatic carbocycles.